The van der Waals surface area contributed by atoms with Gasteiger partial charge in [0.15, 0.2) is 0 Å². The molecular formula is C13H23NO. The zero-order valence-electron chi connectivity index (χ0n) is 9.82. The highest BCUT2D eigenvalue weighted by molar-refractivity contribution is 4.87. The maximum Gasteiger partial charge on any atom is 0.0894 e. The molecule has 2 nitrogen and oxygen atoms in total. The van der Waals surface area contributed by atoms with Gasteiger partial charge < -0.3 is 9.85 Å². The SMILES string of the molecule is CC1CC2CCCC3CCCC(C1)[N+]32[O-]. The van der Waals surface area contributed by atoms with Crippen molar-refractivity contribution in [3.05, 3.63) is 5.21 Å². The standard InChI is InChI=1S/C13H23NO/c1-10-8-12-6-2-4-11-5-3-7-13(9-10)14(11,12)15/h10-13H,2-9H2,1H3. The maximum absolute atomic E-state index is 13.1. The van der Waals surface area contributed by atoms with E-state index in [0.717, 1.165) is 5.92 Å². The minimum absolute atomic E-state index is 0.240. The minimum Gasteiger partial charge on any atom is -0.632 e. The third-order valence-corrected chi connectivity index (χ3v) is 5.21. The summed E-state index contributed by atoms with van der Waals surface area (Å²) in [6, 6.07) is 1.42. The lowest BCUT2D eigenvalue weighted by molar-refractivity contribution is -0.968. The summed E-state index contributed by atoms with van der Waals surface area (Å²) in [5.41, 5.74) is 0. The fourth-order valence-electron chi connectivity index (χ4n) is 4.61. The van der Waals surface area contributed by atoms with Gasteiger partial charge in [-0.2, -0.15) is 0 Å². The molecule has 0 amide bonds. The van der Waals surface area contributed by atoms with Crippen LogP contribution in [0.15, 0.2) is 0 Å². The molecule has 0 aliphatic carbocycles. The van der Waals surface area contributed by atoms with E-state index < -0.39 is 0 Å². The number of rotatable bonds is 0. The molecule has 3 fully saturated rings. The van der Waals surface area contributed by atoms with E-state index in [9.17, 15) is 5.21 Å². The predicted octanol–water partition coefficient (Wildman–Crippen LogP) is 3.20. The van der Waals surface area contributed by atoms with Crippen molar-refractivity contribution in [1.82, 2.24) is 0 Å². The molecule has 0 spiro atoms. The van der Waals surface area contributed by atoms with Crippen LogP contribution in [0.2, 0.25) is 0 Å². The van der Waals surface area contributed by atoms with Crippen LogP contribution in [-0.2, 0) is 0 Å². The van der Waals surface area contributed by atoms with Crippen molar-refractivity contribution in [2.75, 3.05) is 0 Å². The third kappa shape index (κ3) is 1.38. The molecule has 2 atom stereocenters. The molecule has 3 rings (SSSR count). The highest BCUT2D eigenvalue weighted by Crippen LogP contribution is 2.47. The van der Waals surface area contributed by atoms with E-state index in [2.05, 4.69) is 6.92 Å². The topological polar surface area (TPSA) is 23.1 Å². The second-order valence-electron chi connectivity index (χ2n) is 6.16. The summed E-state index contributed by atoms with van der Waals surface area (Å²) in [5, 5.41) is 13.1. The summed E-state index contributed by atoms with van der Waals surface area (Å²) in [4.78, 5) is 0. The molecule has 0 radical (unpaired) electrons. The zero-order chi connectivity index (χ0) is 10.5. The van der Waals surface area contributed by atoms with E-state index in [1.165, 1.54) is 51.4 Å². The van der Waals surface area contributed by atoms with Gasteiger partial charge in [-0.05, 0) is 44.4 Å². The van der Waals surface area contributed by atoms with Crippen LogP contribution in [0.5, 0.6) is 0 Å². The van der Waals surface area contributed by atoms with E-state index in [4.69, 9.17) is 0 Å². The van der Waals surface area contributed by atoms with Crippen molar-refractivity contribution >= 4 is 0 Å². The Labute approximate surface area is 92.8 Å². The Hall–Kier alpha value is -0.0800. The Balaban J connectivity index is 1.92. The van der Waals surface area contributed by atoms with Gasteiger partial charge in [-0.25, -0.2) is 0 Å². The van der Waals surface area contributed by atoms with Gasteiger partial charge in [0.2, 0.25) is 0 Å². The van der Waals surface area contributed by atoms with Gasteiger partial charge in [0.1, 0.15) is 0 Å². The van der Waals surface area contributed by atoms with Crippen molar-refractivity contribution < 1.29 is 4.65 Å². The van der Waals surface area contributed by atoms with Gasteiger partial charge in [0, 0.05) is 12.8 Å². The van der Waals surface area contributed by atoms with Crippen molar-refractivity contribution in [2.24, 2.45) is 5.92 Å². The second kappa shape index (κ2) is 3.46. The molecule has 3 saturated heterocycles. The summed E-state index contributed by atoms with van der Waals surface area (Å²) in [7, 11) is 0. The fourth-order valence-corrected chi connectivity index (χ4v) is 4.61. The Morgan fingerprint density at radius 3 is 1.87 bits per heavy atom. The lowest BCUT2D eigenvalue weighted by atomic mass is 9.75. The average molecular weight is 209 g/mol. The van der Waals surface area contributed by atoms with Crippen LogP contribution in [0, 0.1) is 11.1 Å². The summed E-state index contributed by atoms with van der Waals surface area (Å²) in [6.07, 6.45) is 9.89. The molecule has 0 aromatic carbocycles. The molecule has 0 saturated carbocycles. The molecule has 3 heterocycles. The van der Waals surface area contributed by atoms with Crippen LogP contribution in [0.25, 0.3) is 0 Å². The van der Waals surface area contributed by atoms with Crippen LogP contribution in [-0.4, -0.2) is 22.8 Å². The van der Waals surface area contributed by atoms with Crippen molar-refractivity contribution in [3.8, 4) is 0 Å². The van der Waals surface area contributed by atoms with E-state index in [1.807, 2.05) is 0 Å². The highest BCUT2D eigenvalue weighted by Gasteiger charge is 2.50. The van der Waals surface area contributed by atoms with E-state index >= 15 is 0 Å². The van der Waals surface area contributed by atoms with E-state index in [1.54, 1.807) is 0 Å². The second-order valence-corrected chi connectivity index (χ2v) is 6.16. The summed E-state index contributed by atoms with van der Waals surface area (Å²) in [5.74, 6) is 0.803. The third-order valence-electron chi connectivity index (χ3n) is 5.21. The summed E-state index contributed by atoms with van der Waals surface area (Å²) >= 11 is 0. The zero-order valence-corrected chi connectivity index (χ0v) is 9.82. The number of hydrogen-bond acceptors (Lipinski definition) is 1. The van der Waals surface area contributed by atoms with Crippen LogP contribution in [0.1, 0.15) is 58.3 Å². The predicted molar refractivity (Wildman–Crippen MR) is 61.1 cm³/mol. The minimum atomic E-state index is 0.240. The number of piperidine rings is 3. The average Bonchev–Trinajstić information content (AvgIpc) is 2.19. The smallest absolute Gasteiger partial charge is 0.0894 e. The lowest BCUT2D eigenvalue weighted by Gasteiger charge is -2.65. The van der Waals surface area contributed by atoms with Crippen LogP contribution < -0.4 is 0 Å². The molecule has 2 unspecified atom stereocenters. The molecule has 86 valence electrons. The summed E-state index contributed by atoms with van der Waals surface area (Å²) in [6.45, 7) is 2.35. The Kier molecular flexibility index (Phi) is 2.33. The van der Waals surface area contributed by atoms with Crippen molar-refractivity contribution in [1.29, 1.82) is 0 Å². The molecule has 3 aliphatic rings. The molecule has 0 N–H and O–H groups in total. The Morgan fingerprint density at radius 1 is 0.867 bits per heavy atom. The van der Waals surface area contributed by atoms with E-state index in [-0.39, 0.29) is 4.65 Å². The first kappa shape index (κ1) is 10.1. The molecule has 2 heteroatoms. The number of hydrogen-bond donors (Lipinski definition) is 0. The largest absolute Gasteiger partial charge is 0.632 e. The number of hydroxylamine groups is 3. The van der Waals surface area contributed by atoms with Gasteiger partial charge in [-0.15, -0.1) is 0 Å². The van der Waals surface area contributed by atoms with Gasteiger partial charge >= 0.3 is 0 Å². The molecule has 0 aromatic heterocycles. The van der Waals surface area contributed by atoms with Crippen molar-refractivity contribution in [3.63, 3.8) is 0 Å². The van der Waals surface area contributed by atoms with Crippen LogP contribution >= 0.6 is 0 Å². The number of quaternary nitrogens is 1. The monoisotopic (exact) mass is 209 g/mol. The first-order valence-corrected chi connectivity index (χ1v) is 6.80. The van der Waals surface area contributed by atoms with Crippen molar-refractivity contribution in [2.45, 2.75) is 76.4 Å². The fraction of sp³-hybridized carbons (Fsp3) is 1.00. The Bertz CT molecular complexity index is 233. The first-order chi connectivity index (χ1) is 7.21. The van der Waals surface area contributed by atoms with Crippen LogP contribution in [0.4, 0.5) is 0 Å². The van der Waals surface area contributed by atoms with Gasteiger partial charge in [-0.3, -0.25) is 0 Å². The lowest BCUT2D eigenvalue weighted by Crippen LogP contribution is -2.68. The summed E-state index contributed by atoms with van der Waals surface area (Å²) < 4.78 is 0.240. The molecule has 3 aliphatic heterocycles. The quantitative estimate of drug-likeness (QED) is 0.444. The normalized spacial score (nSPS) is 54.8. The maximum atomic E-state index is 13.1. The van der Waals surface area contributed by atoms with E-state index in [0.29, 0.717) is 18.1 Å². The Morgan fingerprint density at radius 2 is 1.33 bits per heavy atom. The molecule has 15 heavy (non-hydrogen) atoms. The molecular weight excluding hydrogens is 186 g/mol. The first-order valence-electron chi connectivity index (χ1n) is 6.80. The van der Waals surface area contributed by atoms with Gasteiger partial charge in [0.25, 0.3) is 0 Å². The van der Waals surface area contributed by atoms with Gasteiger partial charge in [-0.1, -0.05) is 6.92 Å². The van der Waals surface area contributed by atoms with Crippen LogP contribution in [0.3, 0.4) is 0 Å². The van der Waals surface area contributed by atoms with Gasteiger partial charge in [0.05, 0.1) is 18.1 Å². The molecule has 0 bridgehead atoms. The highest BCUT2D eigenvalue weighted by atomic mass is 16.6. The molecule has 0 aromatic rings. The number of nitrogens with zero attached hydrogens (tertiary/aromatic N) is 1.